The number of carbonyl (C=O) groups excluding carboxylic acids is 1. The number of unbranched alkanes of at least 4 members (excludes halogenated alkanes) is 1. The topological polar surface area (TPSA) is 41.6 Å². The maximum Gasteiger partial charge on any atom is 0.241 e. The third-order valence-corrected chi connectivity index (χ3v) is 3.83. The number of nitrogens with zero attached hydrogens (tertiary/aromatic N) is 1. The van der Waals surface area contributed by atoms with Crippen LogP contribution in [0.2, 0.25) is 0 Å². The van der Waals surface area contributed by atoms with Crippen molar-refractivity contribution in [2.75, 3.05) is 19.8 Å². The Hall–Kier alpha value is -0.610. The van der Waals surface area contributed by atoms with Crippen molar-refractivity contribution in [3.63, 3.8) is 0 Å². The van der Waals surface area contributed by atoms with Crippen molar-refractivity contribution < 1.29 is 9.53 Å². The molecule has 1 heterocycles. The highest BCUT2D eigenvalue weighted by Crippen LogP contribution is 2.20. The van der Waals surface area contributed by atoms with Crippen LogP contribution < -0.4 is 5.32 Å². The first kappa shape index (κ1) is 17.4. The number of ether oxygens (including phenoxy) is 1. The molecule has 2 unspecified atom stereocenters. The molecule has 118 valence electrons. The van der Waals surface area contributed by atoms with Gasteiger partial charge < -0.3 is 9.64 Å². The van der Waals surface area contributed by atoms with Crippen LogP contribution in [0.3, 0.4) is 0 Å². The van der Waals surface area contributed by atoms with Crippen LogP contribution in [0.4, 0.5) is 0 Å². The molecule has 0 aromatic carbocycles. The normalized spacial score (nSPS) is 23.1. The second-order valence-electron chi connectivity index (χ2n) is 6.05. The highest BCUT2D eigenvalue weighted by molar-refractivity contribution is 5.84. The summed E-state index contributed by atoms with van der Waals surface area (Å²) in [5.74, 6) is 0.723. The zero-order valence-electron chi connectivity index (χ0n) is 13.7. The Balaban J connectivity index is 2.38. The maximum atomic E-state index is 12.4. The van der Waals surface area contributed by atoms with E-state index in [1.807, 2.05) is 4.90 Å². The van der Waals surface area contributed by atoms with Gasteiger partial charge in [-0.3, -0.25) is 10.1 Å². The Morgan fingerprint density at radius 2 is 1.90 bits per heavy atom. The highest BCUT2D eigenvalue weighted by atomic mass is 16.5. The standard InChI is InChI=1S/C16H32N2O2/c1-5-7-11-20-12-8-10-18-15(13(3)4)17-14(9-6-2)16(18)19/h13-15,17H,5-12H2,1-4H3. The predicted molar refractivity (Wildman–Crippen MR) is 82.5 cm³/mol. The Morgan fingerprint density at radius 3 is 2.50 bits per heavy atom. The Kier molecular flexibility index (Phi) is 8.15. The van der Waals surface area contributed by atoms with E-state index in [0.29, 0.717) is 5.92 Å². The highest BCUT2D eigenvalue weighted by Gasteiger charge is 2.38. The van der Waals surface area contributed by atoms with Crippen molar-refractivity contribution in [2.45, 2.75) is 72.0 Å². The van der Waals surface area contributed by atoms with Gasteiger partial charge >= 0.3 is 0 Å². The van der Waals surface area contributed by atoms with Gasteiger partial charge in [0.15, 0.2) is 0 Å². The summed E-state index contributed by atoms with van der Waals surface area (Å²) in [5.41, 5.74) is 0. The lowest BCUT2D eigenvalue weighted by molar-refractivity contribution is -0.130. The number of hydrogen-bond acceptors (Lipinski definition) is 3. The van der Waals surface area contributed by atoms with E-state index in [4.69, 9.17) is 4.74 Å². The molecule has 0 aromatic rings. The lowest BCUT2D eigenvalue weighted by atomic mass is 10.1. The van der Waals surface area contributed by atoms with Gasteiger partial charge in [-0.05, 0) is 25.2 Å². The molecule has 0 radical (unpaired) electrons. The summed E-state index contributed by atoms with van der Waals surface area (Å²) in [4.78, 5) is 14.4. The van der Waals surface area contributed by atoms with Crippen LogP contribution in [-0.4, -0.2) is 42.8 Å². The third-order valence-electron chi connectivity index (χ3n) is 3.83. The monoisotopic (exact) mass is 284 g/mol. The van der Waals surface area contributed by atoms with Gasteiger partial charge in [0.1, 0.15) is 0 Å². The van der Waals surface area contributed by atoms with E-state index < -0.39 is 0 Å². The maximum absolute atomic E-state index is 12.4. The Labute approximate surface area is 124 Å². The zero-order valence-corrected chi connectivity index (χ0v) is 13.7. The second kappa shape index (κ2) is 9.35. The van der Waals surface area contributed by atoms with Crippen molar-refractivity contribution in [3.05, 3.63) is 0 Å². The molecule has 20 heavy (non-hydrogen) atoms. The zero-order chi connectivity index (χ0) is 15.0. The van der Waals surface area contributed by atoms with Crippen molar-refractivity contribution in [3.8, 4) is 0 Å². The van der Waals surface area contributed by atoms with Gasteiger partial charge in [-0.2, -0.15) is 0 Å². The average Bonchev–Trinajstić information content (AvgIpc) is 2.72. The van der Waals surface area contributed by atoms with E-state index in [1.54, 1.807) is 0 Å². The fourth-order valence-electron chi connectivity index (χ4n) is 2.69. The molecule has 0 spiro atoms. The van der Waals surface area contributed by atoms with Crippen LogP contribution in [0.1, 0.15) is 59.8 Å². The van der Waals surface area contributed by atoms with Gasteiger partial charge in [0.05, 0.1) is 12.2 Å². The second-order valence-corrected chi connectivity index (χ2v) is 6.05. The summed E-state index contributed by atoms with van der Waals surface area (Å²) in [6.45, 7) is 11.0. The fraction of sp³-hybridized carbons (Fsp3) is 0.938. The molecule has 1 saturated heterocycles. The van der Waals surface area contributed by atoms with Crippen LogP contribution in [0, 0.1) is 5.92 Å². The summed E-state index contributed by atoms with van der Waals surface area (Å²) in [5, 5.41) is 3.49. The van der Waals surface area contributed by atoms with Crippen molar-refractivity contribution in [1.29, 1.82) is 0 Å². The van der Waals surface area contributed by atoms with Crippen molar-refractivity contribution in [1.82, 2.24) is 10.2 Å². The summed E-state index contributed by atoms with van der Waals surface area (Å²) in [6, 6.07) is 0.0217. The van der Waals surface area contributed by atoms with E-state index in [1.165, 1.54) is 6.42 Å². The molecule has 0 aliphatic carbocycles. The molecule has 4 nitrogen and oxygen atoms in total. The van der Waals surface area contributed by atoms with E-state index in [-0.39, 0.29) is 18.1 Å². The molecule has 2 atom stereocenters. The van der Waals surface area contributed by atoms with Gasteiger partial charge in [-0.15, -0.1) is 0 Å². The molecule has 1 N–H and O–H groups in total. The summed E-state index contributed by atoms with van der Waals surface area (Å²) >= 11 is 0. The van der Waals surface area contributed by atoms with Gasteiger partial charge in [-0.1, -0.05) is 40.5 Å². The molecular weight excluding hydrogens is 252 g/mol. The number of hydrogen-bond donors (Lipinski definition) is 1. The van der Waals surface area contributed by atoms with Gasteiger partial charge in [0, 0.05) is 19.8 Å². The minimum absolute atomic E-state index is 0.0217. The van der Waals surface area contributed by atoms with Crippen LogP contribution >= 0.6 is 0 Å². The third kappa shape index (κ3) is 5.06. The van der Waals surface area contributed by atoms with E-state index in [2.05, 4.69) is 33.0 Å². The summed E-state index contributed by atoms with van der Waals surface area (Å²) < 4.78 is 5.58. The van der Waals surface area contributed by atoms with E-state index in [9.17, 15) is 4.79 Å². The van der Waals surface area contributed by atoms with Crippen LogP contribution in [0.25, 0.3) is 0 Å². The number of carbonyl (C=O) groups is 1. The fourth-order valence-corrected chi connectivity index (χ4v) is 2.69. The largest absolute Gasteiger partial charge is 0.381 e. The van der Waals surface area contributed by atoms with Gasteiger partial charge in [-0.25, -0.2) is 0 Å². The molecule has 0 bridgehead atoms. The SMILES string of the molecule is CCCCOCCCN1C(=O)C(CCC)NC1C(C)C. The number of amides is 1. The summed E-state index contributed by atoms with van der Waals surface area (Å²) in [6.07, 6.45) is 5.39. The average molecular weight is 284 g/mol. The van der Waals surface area contributed by atoms with Gasteiger partial charge in [0.25, 0.3) is 0 Å². The molecule has 1 aliphatic heterocycles. The lowest BCUT2D eigenvalue weighted by Gasteiger charge is -2.27. The van der Waals surface area contributed by atoms with E-state index in [0.717, 1.165) is 45.4 Å². The first-order chi connectivity index (χ1) is 9.61. The van der Waals surface area contributed by atoms with Crippen LogP contribution in [0.5, 0.6) is 0 Å². The first-order valence-corrected chi connectivity index (χ1v) is 8.26. The molecule has 4 heteroatoms. The molecule has 1 amide bonds. The van der Waals surface area contributed by atoms with E-state index >= 15 is 0 Å². The first-order valence-electron chi connectivity index (χ1n) is 8.26. The quantitative estimate of drug-likeness (QED) is 0.627. The minimum atomic E-state index is 0.0217. The molecule has 0 aromatic heterocycles. The molecule has 1 rings (SSSR count). The molecule has 0 saturated carbocycles. The molecule has 1 aliphatic rings. The van der Waals surface area contributed by atoms with Crippen LogP contribution in [-0.2, 0) is 9.53 Å². The molecule has 1 fully saturated rings. The Morgan fingerprint density at radius 1 is 1.20 bits per heavy atom. The lowest BCUT2D eigenvalue weighted by Crippen LogP contribution is -2.42. The Bertz CT molecular complexity index is 282. The number of rotatable bonds is 10. The minimum Gasteiger partial charge on any atom is -0.381 e. The number of nitrogens with one attached hydrogen (secondary N) is 1. The molecular formula is C16H32N2O2. The van der Waals surface area contributed by atoms with Crippen molar-refractivity contribution >= 4 is 5.91 Å². The smallest absolute Gasteiger partial charge is 0.241 e. The predicted octanol–water partition coefficient (Wildman–Crippen LogP) is 2.78. The summed E-state index contributed by atoms with van der Waals surface area (Å²) in [7, 11) is 0. The van der Waals surface area contributed by atoms with Crippen LogP contribution in [0.15, 0.2) is 0 Å². The van der Waals surface area contributed by atoms with Crippen molar-refractivity contribution in [2.24, 2.45) is 5.92 Å². The van der Waals surface area contributed by atoms with Gasteiger partial charge in [0.2, 0.25) is 5.91 Å².